The Bertz CT molecular complexity index is 187. The van der Waals surface area contributed by atoms with Crippen molar-refractivity contribution in [2.24, 2.45) is 17.8 Å². The molecule has 2 heteroatoms. The van der Waals surface area contributed by atoms with E-state index in [0.717, 1.165) is 12.3 Å². The molecule has 0 aliphatic carbocycles. The molecule has 0 amide bonds. The van der Waals surface area contributed by atoms with E-state index in [0.29, 0.717) is 24.5 Å². The second kappa shape index (κ2) is 8.74. The van der Waals surface area contributed by atoms with Gasteiger partial charge in [-0.3, -0.25) is 4.79 Å². The highest BCUT2D eigenvalue weighted by Gasteiger charge is 2.12. The fraction of sp³-hybridized carbons (Fsp3) is 0.929. The highest BCUT2D eigenvalue weighted by Crippen LogP contribution is 2.17. The van der Waals surface area contributed by atoms with E-state index in [2.05, 4.69) is 20.8 Å². The van der Waals surface area contributed by atoms with Crippen LogP contribution in [0.5, 0.6) is 0 Å². The third-order valence-electron chi connectivity index (χ3n) is 2.94. The smallest absolute Gasteiger partial charge is 0.133 e. The maximum Gasteiger partial charge on any atom is 0.133 e. The summed E-state index contributed by atoms with van der Waals surface area (Å²) in [5, 5.41) is 8.87. The Labute approximate surface area is 100 Å². The summed E-state index contributed by atoms with van der Waals surface area (Å²) in [4.78, 5) is 11.6. The van der Waals surface area contributed by atoms with Gasteiger partial charge in [0.05, 0.1) is 0 Å². The van der Waals surface area contributed by atoms with Gasteiger partial charge in [0.1, 0.15) is 5.78 Å². The lowest BCUT2D eigenvalue weighted by Gasteiger charge is -2.13. The SMILES string of the molecule is CC(C)CCC[C@@H](C)CC(=O)C[C@@H](C)CO. The highest BCUT2D eigenvalue weighted by molar-refractivity contribution is 5.78. The van der Waals surface area contributed by atoms with Crippen molar-refractivity contribution in [3.05, 3.63) is 0 Å². The quantitative estimate of drug-likeness (QED) is 0.656. The van der Waals surface area contributed by atoms with Gasteiger partial charge in [-0.2, -0.15) is 0 Å². The van der Waals surface area contributed by atoms with Crippen LogP contribution in [0.4, 0.5) is 0 Å². The van der Waals surface area contributed by atoms with Crippen LogP contribution in [0, 0.1) is 17.8 Å². The molecule has 1 N–H and O–H groups in total. The lowest BCUT2D eigenvalue weighted by Crippen LogP contribution is -2.12. The zero-order valence-corrected chi connectivity index (χ0v) is 11.3. The van der Waals surface area contributed by atoms with Crippen LogP contribution < -0.4 is 0 Å². The molecule has 0 aromatic rings. The van der Waals surface area contributed by atoms with Crippen LogP contribution in [0.1, 0.15) is 59.8 Å². The Kier molecular flexibility index (Phi) is 8.54. The standard InChI is InChI=1S/C14H28O2/c1-11(2)6-5-7-12(3)8-14(16)9-13(4)10-15/h11-13,15H,5-10H2,1-4H3/t12-,13-/m1/s1. The van der Waals surface area contributed by atoms with E-state index in [1.807, 2.05) is 6.92 Å². The van der Waals surface area contributed by atoms with Crippen LogP contribution in [0.3, 0.4) is 0 Å². The van der Waals surface area contributed by atoms with E-state index in [1.54, 1.807) is 0 Å². The van der Waals surface area contributed by atoms with Gasteiger partial charge >= 0.3 is 0 Å². The first-order chi connectivity index (χ1) is 7.45. The summed E-state index contributed by atoms with van der Waals surface area (Å²) in [6, 6.07) is 0. The molecule has 96 valence electrons. The number of hydrogen-bond acceptors (Lipinski definition) is 2. The Morgan fingerprint density at radius 1 is 1.00 bits per heavy atom. The van der Waals surface area contributed by atoms with Gasteiger partial charge < -0.3 is 5.11 Å². The molecule has 0 bridgehead atoms. The fourth-order valence-corrected chi connectivity index (χ4v) is 1.90. The topological polar surface area (TPSA) is 37.3 Å². The van der Waals surface area contributed by atoms with Gasteiger partial charge in [-0.15, -0.1) is 0 Å². The normalized spacial score (nSPS) is 15.1. The predicted octanol–water partition coefficient (Wildman–Crippen LogP) is 3.43. The first kappa shape index (κ1) is 15.6. The van der Waals surface area contributed by atoms with E-state index in [4.69, 9.17) is 5.11 Å². The number of hydrogen-bond donors (Lipinski definition) is 1. The third kappa shape index (κ3) is 8.90. The molecule has 2 nitrogen and oxygen atoms in total. The molecule has 0 radical (unpaired) electrons. The summed E-state index contributed by atoms with van der Waals surface area (Å²) in [7, 11) is 0. The molecule has 0 saturated heterocycles. The Morgan fingerprint density at radius 2 is 1.56 bits per heavy atom. The van der Waals surface area contributed by atoms with Crippen LogP contribution in [-0.2, 0) is 4.79 Å². The van der Waals surface area contributed by atoms with Crippen LogP contribution in [0.25, 0.3) is 0 Å². The van der Waals surface area contributed by atoms with Crippen molar-refractivity contribution in [1.82, 2.24) is 0 Å². The Balaban J connectivity index is 3.62. The van der Waals surface area contributed by atoms with E-state index in [1.165, 1.54) is 12.8 Å². The summed E-state index contributed by atoms with van der Waals surface area (Å²) in [5.74, 6) is 1.68. The van der Waals surface area contributed by atoms with Crippen molar-refractivity contribution in [3.63, 3.8) is 0 Å². The molecule has 0 spiro atoms. The fourth-order valence-electron chi connectivity index (χ4n) is 1.90. The number of aliphatic hydroxyl groups is 1. The molecule has 0 aliphatic rings. The van der Waals surface area contributed by atoms with Gasteiger partial charge in [0, 0.05) is 19.4 Å². The first-order valence-corrected chi connectivity index (χ1v) is 6.58. The summed E-state index contributed by atoms with van der Waals surface area (Å²) in [6.07, 6.45) is 4.85. The largest absolute Gasteiger partial charge is 0.396 e. The van der Waals surface area contributed by atoms with E-state index in [9.17, 15) is 4.79 Å². The van der Waals surface area contributed by atoms with Crippen molar-refractivity contribution in [2.75, 3.05) is 6.61 Å². The van der Waals surface area contributed by atoms with Gasteiger partial charge in [0.2, 0.25) is 0 Å². The average Bonchev–Trinajstić information content (AvgIpc) is 2.16. The van der Waals surface area contributed by atoms with E-state index >= 15 is 0 Å². The summed E-state index contributed by atoms with van der Waals surface area (Å²) >= 11 is 0. The van der Waals surface area contributed by atoms with Crippen LogP contribution >= 0.6 is 0 Å². The summed E-state index contributed by atoms with van der Waals surface area (Å²) in [6.45, 7) is 8.66. The van der Waals surface area contributed by atoms with Crippen LogP contribution in [-0.4, -0.2) is 17.5 Å². The summed E-state index contributed by atoms with van der Waals surface area (Å²) < 4.78 is 0. The first-order valence-electron chi connectivity index (χ1n) is 6.58. The second-order valence-electron chi connectivity index (χ2n) is 5.66. The molecule has 0 rings (SSSR count). The lowest BCUT2D eigenvalue weighted by atomic mass is 9.93. The zero-order valence-electron chi connectivity index (χ0n) is 11.3. The maximum absolute atomic E-state index is 11.6. The lowest BCUT2D eigenvalue weighted by molar-refractivity contribution is -0.121. The molecule has 2 atom stereocenters. The number of Topliss-reactive ketones (excluding diaryl/α,β-unsaturated/α-hetero) is 1. The number of ketones is 1. The van der Waals surface area contributed by atoms with Gasteiger partial charge in [-0.05, 0) is 17.8 Å². The third-order valence-corrected chi connectivity index (χ3v) is 2.94. The van der Waals surface area contributed by atoms with Crippen molar-refractivity contribution >= 4 is 5.78 Å². The van der Waals surface area contributed by atoms with Gasteiger partial charge in [-0.1, -0.05) is 47.0 Å². The number of carbonyl (C=O) groups is 1. The molecule has 0 unspecified atom stereocenters. The molecular formula is C14H28O2. The van der Waals surface area contributed by atoms with Crippen LogP contribution in [0.15, 0.2) is 0 Å². The van der Waals surface area contributed by atoms with Crippen LogP contribution in [0.2, 0.25) is 0 Å². The Morgan fingerprint density at radius 3 is 2.06 bits per heavy atom. The molecule has 0 heterocycles. The zero-order chi connectivity index (χ0) is 12.6. The van der Waals surface area contributed by atoms with Crippen molar-refractivity contribution in [3.8, 4) is 0 Å². The summed E-state index contributed by atoms with van der Waals surface area (Å²) in [5.41, 5.74) is 0. The number of aliphatic hydroxyl groups excluding tert-OH is 1. The van der Waals surface area contributed by atoms with Crippen molar-refractivity contribution in [2.45, 2.75) is 59.8 Å². The van der Waals surface area contributed by atoms with Gasteiger partial charge in [0.25, 0.3) is 0 Å². The molecule has 0 aromatic heterocycles. The monoisotopic (exact) mass is 228 g/mol. The number of carbonyl (C=O) groups excluding carboxylic acids is 1. The van der Waals surface area contributed by atoms with Crippen molar-refractivity contribution < 1.29 is 9.90 Å². The van der Waals surface area contributed by atoms with E-state index < -0.39 is 0 Å². The van der Waals surface area contributed by atoms with E-state index in [-0.39, 0.29) is 12.5 Å². The average molecular weight is 228 g/mol. The predicted molar refractivity (Wildman–Crippen MR) is 68.3 cm³/mol. The highest BCUT2D eigenvalue weighted by atomic mass is 16.3. The minimum atomic E-state index is 0.119. The molecule has 0 aliphatic heterocycles. The molecule has 0 saturated carbocycles. The molecular weight excluding hydrogens is 200 g/mol. The van der Waals surface area contributed by atoms with Crippen molar-refractivity contribution in [1.29, 1.82) is 0 Å². The maximum atomic E-state index is 11.6. The molecule has 0 aromatic carbocycles. The molecule has 16 heavy (non-hydrogen) atoms. The second-order valence-corrected chi connectivity index (χ2v) is 5.66. The molecule has 0 fully saturated rings. The number of rotatable bonds is 9. The minimum absolute atomic E-state index is 0.119. The van der Waals surface area contributed by atoms with Gasteiger partial charge in [-0.25, -0.2) is 0 Å². The minimum Gasteiger partial charge on any atom is -0.396 e. The van der Waals surface area contributed by atoms with Gasteiger partial charge in [0.15, 0.2) is 0 Å². The Hall–Kier alpha value is -0.370.